The van der Waals surface area contributed by atoms with E-state index in [1.54, 1.807) is 0 Å². The maximum absolute atomic E-state index is 14.2. The molecule has 1 aromatic rings. The quantitative estimate of drug-likeness (QED) is 0.619. The Kier molecular flexibility index (Phi) is 4.84. The van der Waals surface area contributed by atoms with Crippen molar-refractivity contribution in [1.82, 2.24) is 5.32 Å². The second-order valence-electron chi connectivity index (χ2n) is 5.21. The van der Waals surface area contributed by atoms with Gasteiger partial charge in [-0.3, -0.25) is 11.1 Å². The lowest BCUT2D eigenvalue weighted by molar-refractivity contribution is -0.247. The number of ether oxygens (including phenoxy) is 2. The van der Waals surface area contributed by atoms with Crippen LogP contribution in [0, 0.1) is 5.82 Å². The normalized spacial score (nSPS) is 29.6. The van der Waals surface area contributed by atoms with Crippen LogP contribution in [0.4, 0.5) is 17.6 Å². The van der Waals surface area contributed by atoms with Gasteiger partial charge >= 0.3 is 6.18 Å². The van der Waals surface area contributed by atoms with Gasteiger partial charge in [-0.2, -0.15) is 13.2 Å². The van der Waals surface area contributed by atoms with Crippen LogP contribution in [0.5, 0.6) is 0 Å². The molecule has 1 aromatic carbocycles. The second kappa shape index (κ2) is 6.04. The van der Waals surface area contributed by atoms with Gasteiger partial charge in [-0.05, 0) is 25.1 Å². The molecule has 0 saturated carbocycles. The Hall–Kier alpha value is -0.740. The van der Waals surface area contributed by atoms with Gasteiger partial charge in [-0.1, -0.05) is 15.9 Å². The van der Waals surface area contributed by atoms with Crippen molar-refractivity contribution in [3.05, 3.63) is 34.1 Å². The van der Waals surface area contributed by atoms with Crippen molar-refractivity contribution >= 4 is 15.9 Å². The monoisotopic (exact) mass is 386 g/mol. The zero-order valence-electron chi connectivity index (χ0n) is 11.6. The van der Waals surface area contributed by atoms with Crippen molar-refractivity contribution in [2.24, 2.45) is 5.73 Å². The SMILES string of the molecule is C[C@]1(c2cc(Br)ccc2F)NCOC[C@]1(N)OCC(F)(F)F. The third kappa shape index (κ3) is 3.43. The molecule has 0 spiro atoms. The molecule has 22 heavy (non-hydrogen) atoms. The summed E-state index contributed by atoms with van der Waals surface area (Å²) < 4.78 is 62.1. The molecular formula is C13H15BrF4N2O2. The smallest absolute Gasteiger partial charge is 0.362 e. The number of rotatable bonds is 3. The lowest BCUT2D eigenvalue weighted by atomic mass is 9.81. The molecule has 2 atom stereocenters. The molecule has 1 aliphatic heterocycles. The highest BCUT2D eigenvalue weighted by atomic mass is 79.9. The Morgan fingerprint density at radius 3 is 2.77 bits per heavy atom. The van der Waals surface area contributed by atoms with Crippen molar-refractivity contribution in [1.29, 1.82) is 0 Å². The van der Waals surface area contributed by atoms with Crippen LogP contribution in [0.25, 0.3) is 0 Å². The minimum atomic E-state index is -4.56. The molecule has 1 saturated heterocycles. The zero-order chi connectivity index (χ0) is 16.6. The number of hydrogen-bond acceptors (Lipinski definition) is 4. The standard InChI is InChI=1S/C13H15BrF4N2O2/c1-11(9-4-8(14)2-3-10(9)15)12(19,5-21-7-20-11)22-6-13(16,17)18/h2-4,20H,5-7,19H2,1H3/t11-,12+/m1/s1. The highest BCUT2D eigenvalue weighted by Gasteiger charge is 2.53. The first-order valence-corrected chi connectivity index (χ1v) is 7.15. The molecule has 9 heteroatoms. The average Bonchev–Trinajstić information content (AvgIpc) is 2.42. The Labute approximate surface area is 133 Å². The van der Waals surface area contributed by atoms with Crippen molar-refractivity contribution in [2.75, 3.05) is 19.9 Å². The van der Waals surface area contributed by atoms with E-state index in [2.05, 4.69) is 21.2 Å². The van der Waals surface area contributed by atoms with E-state index >= 15 is 0 Å². The highest BCUT2D eigenvalue weighted by Crippen LogP contribution is 2.38. The van der Waals surface area contributed by atoms with E-state index in [9.17, 15) is 17.6 Å². The fourth-order valence-electron chi connectivity index (χ4n) is 2.29. The topological polar surface area (TPSA) is 56.5 Å². The minimum Gasteiger partial charge on any atom is -0.362 e. The molecule has 4 nitrogen and oxygen atoms in total. The fourth-order valence-corrected chi connectivity index (χ4v) is 2.65. The molecular weight excluding hydrogens is 372 g/mol. The van der Waals surface area contributed by atoms with Gasteiger partial charge in [0.05, 0.1) is 18.9 Å². The molecule has 0 radical (unpaired) electrons. The fraction of sp³-hybridized carbons (Fsp3) is 0.538. The Bertz CT molecular complexity index is 557. The van der Waals surface area contributed by atoms with Crippen LogP contribution in [0.3, 0.4) is 0 Å². The number of nitrogens with one attached hydrogen (secondary N) is 1. The molecule has 0 aromatic heterocycles. The van der Waals surface area contributed by atoms with Crippen molar-refractivity contribution < 1.29 is 27.0 Å². The van der Waals surface area contributed by atoms with Crippen LogP contribution in [0.15, 0.2) is 22.7 Å². The lowest BCUT2D eigenvalue weighted by Crippen LogP contribution is -2.71. The van der Waals surface area contributed by atoms with Gasteiger partial charge in [0.15, 0.2) is 5.72 Å². The number of benzene rings is 1. The summed E-state index contributed by atoms with van der Waals surface area (Å²) in [5, 5.41) is 2.81. The first-order valence-electron chi connectivity index (χ1n) is 6.35. The molecule has 1 aliphatic rings. The van der Waals surface area contributed by atoms with E-state index in [0.29, 0.717) is 4.47 Å². The minimum absolute atomic E-state index is 0.0107. The molecule has 0 amide bonds. The number of halogens is 5. The lowest BCUT2D eigenvalue weighted by Gasteiger charge is -2.49. The summed E-state index contributed by atoms with van der Waals surface area (Å²) in [4.78, 5) is 0. The molecule has 1 fully saturated rings. The first-order chi connectivity index (χ1) is 10.1. The molecule has 3 N–H and O–H groups in total. The van der Waals surface area contributed by atoms with Crippen LogP contribution in [0.1, 0.15) is 12.5 Å². The Morgan fingerprint density at radius 2 is 2.14 bits per heavy atom. The van der Waals surface area contributed by atoms with Crippen molar-refractivity contribution in [3.8, 4) is 0 Å². The maximum Gasteiger partial charge on any atom is 0.411 e. The predicted octanol–water partition coefficient (Wildman–Crippen LogP) is 2.61. The summed E-state index contributed by atoms with van der Waals surface area (Å²) in [7, 11) is 0. The highest BCUT2D eigenvalue weighted by molar-refractivity contribution is 9.10. The van der Waals surface area contributed by atoms with Gasteiger partial charge in [-0.25, -0.2) is 4.39 Å². The molecule has 0 bridgehead atoms. The van der Waals surface area contributed by atoms with Gasteiger partial charge < -0.3 is 9.47 Å². The first kappa shape index (κ1) is 17.6. The van der Waals surface area contributed by atoms with Gasteiger partial charge in [0.2, 0.25) is 0 Å². The summed E-state index contributed by atoms with van der Waals surface area (Å²) in [6, 6.07) is 4.13. The van der Waals surface area contributed by atoms with E-state index in [-0.39, 0.29) is 18.9 Å². The summed E-state index contributed by atoms with van der Waals surface area (Å²) in [6.07, 6.45) is -4.56. The van der Waals surface area contributed by atoms with Gasteiger partial charge in [0, 0.05) is 10.0 Å². The third-order valence-corrected chi connectivity index (χ3v) is 4.14. The van der Waals surface area contributed by atoms with Gasteiger partial charge in [-0.15, -0.1) is 0 Å². The van der Waals surface area contributed by atoms with Gasteiger partial charge in [0.25, 0.3) is 0 Å². The predicted molar refractivity (Wildman–Crippen MR) is 74.3 cm³/mol. The summed E-state index contributed by atoms with van der Waals surface area (Å²) in [5.41, 5.74) is 2.81. The van der Waals surface area contributed by atoms with Crippen LogP contribution >= 0.6 is 15.9 Å². The third-order valence-electron chi connectivity index (χ3n) is 3.65. The number of alkyl halides is 3. The van der Waals surface area contributed by atoms with E-state index < -0.39 is 29.9 Å². The molecule has 1 heterocycles. The van der Waals surface area contributed by atoms with E-state index in [0.717, 1.165) is 0 Å². The molecule has 124 valence electrons. The Morgan fingerprint density at radius 1 is 1.45 bits per heavy atom. The zero-order valence-corrected chi connectivity index (χ0v) is 13.2. The summed E-state index contributed by atoms with van der Waals surface area (Å²) in [6.45, 7) is -0.369. The van der Waals surface area contributed by atoms with Crippen LogP contribution in [-0.2, 0) is 15.0 Å². The largest absolute Gasteiger partial charge is 0.411 e. The average molecular weight is 387 g/mol. The number of nitrogens with two attached hydrogens (primary N) is 1. The molecule has 2 rings (SSSR count). The van der Waals surface area contributed by atoms with Crippen LogP contribution in [0.2, 0.25) is 0 Å². The van der Waals surface area contributed by atoms with E-state index in [1.165, 1.54) is 25.1 Å². The van der Waals surface area contributed by atoms with Crippen molar-refractivity contribution in [2.45, 2.75) is 24.4 Å². The summed E-state index contributed by atoms with van der Waals surface area (Å²) >= 11 is 3.21. The van der Waals surface area contributed by atoms with E-state index in [4.69, 9.17) is 15.2 Å². The second-order valence-corrected chi connectivity index (χ2v) is 6.13. The Balaban J connectivity index is 2.41. The van der Waals surface area contributed by atoms with Crippen molar-refractivity contribution in [3.63, 3.8) is 0 Å². The molecule has 0 unspecified atom stereocenters. The maximum atomic E-state index is 14.2. The summed E-state index contributed by atoms with van der Waals surface area (Å²) in [5.74, 6) is -0.606. The molecule has 0 aliphatic carbocycles. The van der Waals surface area contributed by atoms with Crippen LogP contribution < -0.4 is 11.1 Å². The van der Waals surface area contributed by atoms with Crippen LogP contribution in [-0.4, -0.2) is 31.8 Å². The number of hydrogen-bond donors (Lipinski definition) is 2. The van der Waals surface area contributed by atoms with E-state index in [1.807, 2.05) is 0 Å². The van der Waals surface area contributed by atoms with Gasteiger partial charge in [0.1, 0.15) is 12.4 Å².